The minimum Gasteiger partial charge on any atom is -0.478 e. The molecule has 0 bridgehead atoms. The van der Waals surface area contributed by atoms with Gasteiger partial charge >= 0.3 is 11.7 Å². The van der Waals surface area contributed by atoms with Crippen LogP contribution >= 0.6 is 0 Å². The van der Waals surface area contributed by atoms with E-state index in [9.17, 15) is 9.59 Å². The summed E-state index contributed by atoms with van der Waals surface area (Å²) in [6.07, 6.45) is 0.978. The number of carboxylic acids is 1. The van der Waals surface area contributed by atoms with Crippen LogP contribution in [0.5, 0.6) is 0 Å². The van der Waals surface area contributed by atoms with E-state index in [1.54, 1.807) is 12.1 Å². The van der Waals surface area contributed by atoms with E-state index in [4.69, 9.17) is 9.84 Å². The molecule has 2 N–H and O–H groups in total. The number of aromatic nitrogens is 2. The first-order valence-corrected chi connectivity index (χ1v) is 7.03. The maximum atomic E-state index is 11.9. The molecule has 0 unspecified atom stereocenters. The highest BCUT2D eigenvalue weighted by Gasteiger charge is 2.13. The summed E-state index contributed by atoms with van der Waals surface area (Å²) in [5, 5.41) is 9.13. The Labute approximate surface area is 122 Å². The highest BCUT2D eigenvalue weighted by atomic mass is 16.5. The summed E-state index contributed by atoms with van der Waals surface area (Å²) in [5.74, 6) is -0.471. The van der Waals surface area contributed by atoms with E-state index >= 15 is 0 Å². The number of nitrogens with zero attached hydrogens (tertiary/aromatic N) is 1. The van der Waals surface area contributed by atoms with E-state index in [1.807, 2.05) is 0 Å². The molecular formula is C15H20N2O4. The maximum absolute atomic E-state index is 11.9. The van der Waals surface area contributed by atoms with Crippen LogP contribution in [0.2, 0.25) is 0 Å². The van der Waals surface area contributed by atoms with Crippen LogP contribution < -0.4 is 5.69 Å². The number of aromatic carboxylic acids is 1. The summed E-state index contributed by atoms with van der Waals surface area (Å²) in [4.78, 5) is 25.7. The number of imidazole rings is 1. The quantitative estimate of drug-likeness (QED) is 0.765. The molecule has 0 aliphatic rings. The van der Waals surface area contributed by atoms with E-state index < -0.39 is 5.97 Å². The van der Waals surface area contributed by atoms with Gasteiger partial charge in [0, 0.05) is 6.61 Å². The van der Waals surface area contributed by atoms with Crippen LogP contribution in [0, 0.1) is 5.92 Å². The molecule has 0 spiro atoms. The minimum atomic E-state index is -1.05. The number of ether oxygens (including phenoxy) is 1. The van der Waals surface area contributed by atoms with Gasteiger partial charge in [-0.15, -0.1) is 0 Å². The van der Waals surface area contributed by atoms with Crippen LogP contribution in [0.3, 0.4) is 0 Å². The lowest BCUT2D eigenvalue weighted by Gasteiger charge is -2.07. The van der Waals surface area contributed by atoms with Crippen molar-refractivity contribution in [1.29, 1.82) is 0 Å². The predicted molar refractivity (Wildman–Crippen MR) is 79.8 cm³/mol. The Morgan fingerprint density at radius 2 is 2.14 bits per heavy atom. The van der Waals surface area contributed by atoms with Crippen LogP contribution in [0.15, 0.2) is 23.0 Å². The van der Waals surface area contributed by atoms with E-state index in [-0.39, 0.29) is 11.3 Å². The van der Waals surface area contributed by atoms with Gasteiger partial charge in [0.05, 0.1) is 29.7 Å². The lowest BCUT2D eigenvalue weighted by atomic mass is 10.1. The lowest BCUT2D eigenvalue weighted by molar-refractivity contribution is 0.0699. The van der Waals surface area contributed by atoms with Crippen LogP contribution in [0.1, 0.15) is 30.6 Å². The second kappa shape index (κ2) is 6.58. The van der Waals surface area contributed by atoms with Gasteiger partial charge in [-0.2, -0.15) is 0 Å². The number of benzene rings is 1. The van der Waals surface area contributed by atoms with Crippen molar-refractivity contribution in [3.8, 4) is 0 Å². The summed E-state index contributed by atoms with van der Waals surface area (Å²) >= 11 is 0. The molecule has 21 heavy (non-hydrogen) atoms. The molecule has 1 heterocycles. The van der Waals surface area contributed by atoms with Crippen molar-refractivity contribution in [2.24, 2.45) is 5.92 Å². The van der Waals surface area contributed by atoms with Crippen molar-refractivity contribution in [1.82, 2.24) is 9.55 Å². The van der Waals surface area contributed by atoms with Crippen LogP contribution in [0.25, 0.3) is 11.0 Å². The SMILES string of the molecule is CC(C)CCOCCn1c(=O)[nH]c2c(C(=O)O)cccc21. The number of carboxylic acid groups (broad SMARTS) is 1. The van der Waals surface area contributed by atoms with Crippen molar-refractivity contribution in [2.75, 3.05) is 13.2 Å². The Morgan fingerprint density at radius 3 is 2.81 bits per heavy atom. The van der Waals surface area contributed by atoms with Gasteiger partial charge in [0.15, 0.2) is 0 Å². The first-order chi connectivity index (χ1) is 10.0. The normalized spacial score (nSPS) is 11.4. The number of nitrogens with one attached hydrogen (secondary N) is 1. The minimum absolute atomic E-state index is 0.101. The number of carbonyl (C=O) groups is 1. The third-order valence-corrected chi connectivity index (χ3v) is 3.34. The fraction of sp³-hybridized carbons (Fsp3) is 0.467. The molecule has 0 saturated heterocycles. The second-order valence-corrected chi connectivity index (χ2v) is 5.38. The van der Waals surface area contributed by atoms with Crippen molar-refractivity contribution in [2.45, 2.75) is 26.8 Å². The number of hydrogen-bond donors (Lipinski definition) is 2. The molecule has 0 saturated carbocycles. The molecule has 0 aliphatic carbocycles. The van der Waals surface area contributed by atoms with Crippen LogP contribution in [-0.4, -0.2) is 33.8 Å². The zero-order chi connectivity index (χ0) is 15.4. The second-order valence-electron chi connectivity index (χ2n) is 5.38. The Bertz CT molecular complexity index is 685. The fourth-order valence-corrected chi connectivity index (χ4v) is 2.16. The van der Waals surface area contributed by atoms with Gasteiger partial charge in [-0.05, 0) is 24.5 Å². The highest BCUT2D eigenvalue weighted by Crippen LogP contribution is 2.15. The summed E-state index contributed by atoms with van der Waals surface area (Å²) < 4.78 is 7.02. The van der Waals surface area contributed by atoms with Crippen molar-refractivity contribution in [3.05, 3.63) is 34.2 Å². The van der Waals surface area contributed by atoms with Gasteiger partial charge in [0.25, 0.3) is 0 Å². The predicted octanol–water partition coefficient (Wildman–Crippen LogP) is 2.09. The molecule has 0 amide bonds. The number of rotatable bonds is 7. The molecule has 0 radical (unpaired) electrons. The largest absolute Gasteiger partial charge is 0.478 e. The fourth-order valence-electron chi connectivity index (χ4n) is 2.16. The molecular weight excluding hydrogens is 272 g/mol. The summed E-state index contributed by atoms with van der Waals surface area (Å²) in [6, 6.07) is 4.84. The summed E-state index contributed by atoms with van der Waals surface area (Å²) in [7, 11) is 0. The zero-order valence-electron chi connectivity index (χ0n) is 12.3. The Kier molecular flexibility index (Phi) is 4.80. The van der Waals surface area contributed by atoms with Gasteiger partial charge in [-0.25, -0.2) is 9.59 Å². The molecule has 6 nitrogen and oxygen atoms in total. The number of para-hydroxylation sites is 1. The summed E-state index contributed by atoms with van der Waals surface area (Å²) in [5.41, 5.74) is 0.736. The number of H-pyrrole nitrogens is 1. The van der Waals surface area contributed by atoms with E-state index in [1.165, 1.54) is 10.6 Å². The average Bonchev–Trinajstić information content (AvgIpc) is 2.73. The van der Waals surface area contributed by atoms with Crippen LogP contribution in [0.4, 0.5) is 0 Å². The van der Waals surface area contributed by atoms with Gasteiger partial charge in [-0.1, -0.05) is 19.9 Å². The molecule has 114 valence electrons. The van der Waals surface area contributed by atoms with Crippen molar-refractivity contribution < 1.29 is 14.6 Å². The molecule has 2 aromatic rings. The smallest absolute Gasteiger partial charge is 0.337 e. The molecule has 2 rings (SSSR count). The molecule has 0 aliphatic heterocycles. The van der Waals surface area contributed by atoms with Crippen molar-refractivity contribution >= 4 is 17.0 Å². The number of aromatic amines is 1. The Hall–Kier alpha value is -2.08. The average molecular weight is 292 g/mol. The Balaban J connectivity index is 2.14. The zero-order valence-corrected chi connectivity index (χ0v) is 12.3. The molecule has 6 heteroatoms. The molecule has 1 aromatic carbocycles. The van der Waals surface area contributed by atoms with Gasteiger partial charge < -0.3 is 14.8 Å². The van der Waals surface area contributed by atoms with Gasteiger partial charge in [0.1, 0.15) is 0 Å². The summed E-state index contributed by atoms with van der Waals surface area (Å²) in [6.45, 7) is 5.74. The number of hydrogen-bond acceptors (Lipinski definition) is 3. The molecule has 1 aromatic heterocycles. The third kappa shape index (κ3) is 3.52. The van der Waals surface area contributed by atoms with Crippen molar-refractivity contribution in [3.63, 3.8) is 0 Å². The maximum Gasteiger partial charge on any atom is 0.337 e. The standard InChI is InChI=1S/C15H20N2O4/c1-10(2)6-8-21-9-7-17-12-5-3-4-11(14(18)19)13(12)16-15(17)20/h3-5,10H,6-9H2,1-2H3,(H,16,20)(H,18,19). The van der Waals surface area contributed by atoms with Crippen LogP contribution in [-0.2, 0) is 11.3 Å². The van der Waals surface area contributed by atoms with E-state index in [0.29, 0.717) is 36.7 Å². The third-order valence-electron chi connectivity index (χ3n) is 3.34. The lowest BCUT2D eigenvalue weighted by Crippen LogP contribution is -2.19. The van der Waals surface area contributed by atoms with Gasteiger partial charge in [-0.3, -0.25) is 4.57 Å². The van der Waals surface area contributed by atoms with E-state index in [2.05, 4.69) is 18.8 Å². The monoisotopic (exact) mass is 292 g/mol. The highest BCUT2D eigenvalue weighted by molar-refractivity contribution is 6.00. The Morgan fingerprint density at radius 1 is 1.38 bits per heavy atom. The number of fused-ring (bicyclic) bond motifs is 1. The topological polar surface area (TPSA) is 84.3 Å². The first kappa shape index (κ1) is 15.3. The molecule has 0 fully saturated rings. The van der Waals surface area contributed by atoms with E-state index in [0.717, 1.165) is 6.42 Å². The first-order valence-electron chi connectivity index (χ1n) is 7.03. The van der Waals surface area contributed by atoms with Gasteiger partial charge in [0.2, 0.25) is 0 Å². The molecule has 0 atom stereocenters.